The molecule has 4 aromatic carbocycles. The molecule has 0 N–H and O–H groups in total. The van der Waals surface area contributed by atoms with Gasteiger partial charge in [0.1, 0.15) is 11.6 Å². The fourth-order valence-electron chi connectivity index (χ4n) is 3.69. The molecule has 0 bridgehead atoms. The molecule has 2 heteroatoms. The average molecular weight is 411 g/mol. The van der Waals surface area contributed by atoms with E-state index in [4.69, 9.17) is 0 Å². The number of benzene rings is 4. The fourth-order valence-corrected chi connectivity index (χ4v) is 3.69. The lowest BCUT2D eigenvalue weighted by Crippen LogP contribution is -1.98. The van der Waals surface area contributed by atoms with E-state index in [1.165, 1.54) is 23.3 Å². The zero-order valence-corrected chi connectivity index (χ0v) is 17.4. The first-order valence-corrected chi connectivity index (χ1v) is 10.5. The van der Waals surface area contributed by atoms with Gasteiger partial charge in [-0.25, -0.2) is 8.78 Å². The molecule has 0 saturated heterocycles. The summed E-state index contributed by atoms with van der Waals surface area (Å²) in [5.41, 5.74) is 5.76. The van der Waals surface area contributed by atoms with Crippen molar-refractivity contribution in [3.8, 4) is 11.1 Å². The molecule has 0 saturated carbocycles. The standard InChI is InChI=1S/C29H24F2/c1-21(24-5-3-2-4-6-24)19-23-8-12-25(13-9-23)27-16-15-26(29(31)20-27)14-7-22-10-17-28(30)18-11-22/h2-18,20-21H,19H2,1H3/t21-/m0/s1. The van der Waals surface area contributed by atoms with Crippen molar-refractivity contribution in [2.45, 2.75) is 19.3 Å². The van der Waals surface area contributed by atoms with E-state index in [9.17, 15) is 8.78 Å². The number of hydrogen-bond donors (Lipinski definition) is 0. The van der Waals surface area contributed by atoms with E-state index < -0.39 is 0 Å². The lowest BCUT2D eigenvalue weighted by molar-refractivity contribution is 0.625. The number of hydrogen-bond acceptors (Lipinski definition) is 0. The van der Waals surface area contributed by atoms with Gasteiger partial charge in [0.25, 0.3) is 0 Å². The maximum atomic E-state index is 14.6. The van der Waals surface area contributed by atoms with Gasteiger partial charge >= 0.3 is 0 Å². The Morgan fingerprint density at radius 1 is 0.710 bits per heavy atom. The number of rotatable bonds is 6. The van der Waals surface area contributed by atoms with Crippen LogP contribution in [0.3, 0.4) is 0 Å². The Morgan fingerprint density at radius 3 is 2.06 bits per heavy atom. The lowest BCUT2D eigenvalue weighted by Gasteiger charge is -2.12. The third kappa shape index (κ3) is 5.35. The van der Waals surface area contributed by atoms with Crippen LogP contribution in [-0.4, -0.2) is 0 Å². The van der Waals surface area contributed by atoms with E-state index >= 15 is 0 Å². The molecule has 0 nitrogen and oxygen atoms in total. The van der Waals surface area contributed by atoms with Crippen LogP contribution < -0.4 is 0 Å². The van der Waals surface area contributed by atoms with Crippen molar-refractivity contribution in [3.05, 3.63) is 131 Å². The van der Waals surface area contributed by atoms with Gasteiger partial charge in [-0.15, -0.1) is 0 Å². The van der Waals surface area contributed by atoms with Crippen LogP contribution >= 0.6 is 0 Å². The van der Waals surface area contributed by atoms with Gasteiger partial charge in [-0.2, -0.15) is 0 Å². The molecule has 0 unspecified atom stereocenters. The first-order valence-electron chi connectivity index (χ1n) is 10.5. The highest BCUT2D eigenvalue weighted by Gasteiger charge is 2.08. The van der Waals surface area contributed by atoms with E-state index in [1.54, 1.807) is 36.4 Å². The Bertz CT molecular complexity index is 1160. The average Bonchev–Trinajstić information content (AvgIpc) is 2.80. The molecule has 0 spiro atoms. The monoisotopic (exact) mass is 410 g/mol. The van der Waals surface area contributed by atoms with E-state index in [2.05, 4.69) is 55.5 Å². The molecule has 0 aliphatic rings. The van der Waals surface area contributed by atoms with Gasteiger partial charge < -0.3 is 0 Å². The van der Waals surface area contributed by atoms with Crippen LogP contribution in [0.4, 0.5) is 8.78 Å². The van der Waals surface area contributed by atoms with E-state index in [0.717, 1.165) is 23.1 Å². The van der Waals surface area contributed by atoms with Gasteiger partial charge in [-0.1, -0.05) is 97.9 Å². The highest BCUT2D eigenvalue weighted by atomic mass is 19.1. The molecule has 0 heterocycles. The predicted molar refractivity (Wildman–Crippen MR) is 126 cm³/mol. The van der Waals surface area contributed by atoms with E-state index in [-0.39, 0.29) is 11.6 Å². The van der Waals surface area contributed by atoms with Crippen LogP contribution in [0, 0.1) is 11.6 Å². The quantitative estimate of drug-likeness (QED) is 0.281. The van der Waals surface area contributed by atoms with E-state index in [1.807, 2.05) is 12.1 Å². The molecule has 0 amide bonds. The van der Waals surface area contributed by atoms with Gasteiger partial charge in [-0.3, -0.25) is 0 Å². The smallest absolute Gasteiger partial charge is 0.131 e. The first-order chi connectivity index (χ1) is 15.1. The summed E-state index contributed by atoms with van der Waals surface area (Å²) in [5.74, 6) is -0.123. The normalized spacial score (nSPS) is 12.2. The van der Waals surface area contributed by atoms with Gasteiger partial charge in [-0.05, 0) is 58.4 Å². The first kappa shape index (κ1) is 20.7. The summed E-state index contributed by atoms with van der Waals surface area (Å²) in [6.07, 6.45) is 4.45. The van der Waals surface area contributed by atoms with Gasteiger partial charge in [0.2, 0.25) is 0 Å². The third-order valence-electron chi connectivity index (χ3n) is 5.52. The van der Waals surface area contributed by atoms with Crippen molar-refractivity contribution in [2.75, 3.05) is 0 Å². The highest BCUT2D eigenvalue weighted by Crippen LogP contribution is 2.26. The van der Waals surface area contributed by atoms with Crippen molar-refractivity contribution in [1.82, 2.24) is 0 Å². The predicted octanol–water partition coefficient (Wildman–Crippen LogP) is 8.15. The molecule has 154 valence electrons. The Balaban J connectivity index is 1.46. The largest absolute Gasteiger partial charge is 0.207 e. The molecule has 4 rings (SSSR count). The van der Waals surface area contributed by atoms with Gasteiger partial charge in [0.05, 0.1) is 0 Å². The molecule has 0 radical (unpaired) electrons. The van der Waals surface area contributed by atoms with Crippen LogP contribution in [-0.2, 0) is 6.42 Å². The molecule has 0 fully saturated rings. The Morgan fingerprint density at radius 2 is 1.39 bits per heavy atom. The maximum absolute atomic E-state index is 14.6. The van der Waals surface area contributed by atoms with E-state index in [0.29, 0.717) is 11.5 Å². The molecule has 0 aromatic heterocycles. The van der Waals surface area contributed by atoms with Crippen molar-refractivity contribution >= 4 is 12.2 Å². The Hall–Kier alpha value is -3.52. The van der Waals surface area contributed by atoms with Crippen LogP contribution in [0.5, 0.6) is 0 Å². The number of halogens is 2. The second-order valence-corrected chi connectivity index (χ2v) is 7.83. The second-order valence-electron chi connectivity index (χ2n) is 7.83. The van der Waals surface area contributed by atoms with Gasteiger partial charge in [0, 0.05) is 5.56 Å². The summed E-state index contributed by atoms with van der Waals surface area (Å²) in [6, 6.07) is 30.2. The summed E-state index contributed by atoms with van der Waals surface area (Å²) in [5, 5.41) is 0. The molecular formula is C29H24F2. The minimum absolute atomic E-state index is 0.280. The summed E-state index contributed by atoms with van der Waals surface area (Å²) in [7, 11) is 0. The van der Waals surface area contributed by atoms with Crippen molar-refractivity contribution in [3.63, 3.8) is 0 Å². The van der Waals surface area contributed by atoms with Crippen molar-refractivity contribution in [1.29, 1.82) is 0 Å². The molecule has 0 aliphatic heterocycles. The topological polar surface area (TPSA) is 0 Å². The fraction of sp³-hybridized carbons (Fsp3) is 0.103. The summed E-state index contributed by atoms with van der Waals surface area (Å²) in [4.78, 5) is 0. The molecule has 0 aliphatic carbocycles. The Labute approximate surface area is 182 Å². The summed E-state index contributed by atoms with van der Waals surface area (Å²) in [6.45, 7) is 2.23. The third-order valence-corrected chi connectivity index (χ3v) is 5.52. The zero-order valence-electron chi connectivity index (χ0n) is 17.4. The van der Waals surface area contributed by atoms with Crippen LogP contribution in [0.2, 0.25) is 0 Å². The Kier molecular flexibility index (Phi) is 6.37. The van der Waals surface area contributed by atoms with Gasteiger partial charge in [0.15, 0.2) is 0 Å². The molecular weight excluding hydrogens is 386 g/mol. The lowest BCUT2D eigenvalue weighted by atomic mass is 9.93. The van der Waals surface area contributed by atoms with Crippen LogP contribution in [0.1, 0.15) is 35.1 Å². The molecule has 4 aromatic rings. The highest BCUT2D eigenvalue weighted by molar-refractivity contribution is 5.72. The molecule has 1 atom stereocenters. The summed E-state index contributed by atoms with van der Waals surface area (Å²) >= 11 is 0. The summed E-state index contributed by atoms with van der Waals surface area (Å²) < 4.78 is 27.6. The second kappa shape index (κ2) is 9.53. The van der Waals surface area contributed by atoms with Crippen LogP contribution in [0.25, 0.3) is 23.3 Å². The minimum Gasteiger partial charge on any atom is -0.207 e. The SMILES string of the molecule is C[C@@H](Cc1ccc(-c2ccc(C=Cc3ccc(F)cc3)c(F)c2)cc1)c1ccccc1. The maximum Gasteiger partial charge on any atom is 0.131 e. The zero-order chi connectivity index (χ0) is 21.6. The minimum atomic E-state index is -0.284. The molecule has 31 heavy (non-hydrogen) atoms. The van der Waals surface area contributed by atoms with Crippen LogP contribution in [0.15, 0.2) is 97.1 Å². The van der Waals surface area contributed by atoms with Crippen molar-refractivity contribution in [2.24, 2.45) is 0 Å². The van der Waals surface area contributed by atoms with Crippen molar-refractivity contribution < 1.29 is 8.78 Å².